The van der Waals surface area contributed by atoms with E-state index in [-0.39, 0.29) is 5.97 Å². The van der Waals surface area contributed by atoms with Crippen LogP contribution in [-0.4, -0.2) is 52.6 Å². The number of esters is 1. The first-order valence-electron chi connectivity index (χ1n) is 14.1. The maximum Gasteiger partial charge on any atom is 0.308 e. The van der Waals surface area contributed by atoms with Crippen molar-refractivity contribution in [2.45, 2.75) is 97.7 Å². The molecule has 1 aromatic carbocycles. The monoisotopic (exact) mass is 479 g/mol. The van der Waals surface area contributed by atoms with Crippen LogP contribution in [-0.2, 0) is 11.3 Å². The Morgan fingerprint density at radius 1 is 0.943 bits per heavy atom. The summed E-state index contributed by atoms with van der Waals surface area (Å²) < 4.78 is 7.99. The first-order chi connectivity index (χ1) is 16.8. The Morgan fingerprint density at radius 3 is 2.26 bits per heavy atom. The molecule has 0 radical (unpaired) electrons. The number of hydrogen-bond donors (Lipinski definition) is 0. The number of nitrogens with zero attached hydrogens (tertiary/aromatic N) is 3. The van der Waals surface area contributed by atoms with Crippen LogP contribution in [0.15, 0.2) is 24.4 Å². The summed E-state index contributed by atoms with van der Waals surface area (Å²) in [5, 5.41) is 1.25. The molecule has 2 aliphatic heterocycles. The highest BCUT2D eigenvalue weighted by Gasteiger charge is 2.33. The lowest BCUT2D eigenvalue weighted by Gasteiger charge is -2.43. The lowest BCUT2D eigenvalue weighted by atomic mass is 9.71. The molecule has 0 unspecified atom stereocenters. The SMILES string of the molecule is CC(=O)Oc1ccc2c(c1)c(CN1CCCC1)cn2C1CCN(C2CCC(C(C)(C)C)CC2)CC1. The summed E-state index contributed by atoms with van der Waals surface area (Å²) in [7, 11) is 0. The van der Waals surface area contributed by atoms with E-state index in [9.17, 15) is 4.79 Å². The molecule has 5 heteroatoms. The van der Waals surface area contributed by atoms with Crippen molar-refractivity contribution in [2.75, 3.05) is 26.2 Å². The molecule has 3 heterocycles. The number of benzene rings is 1. The lowest BCUT2D eigenvalue weighted by molar-refractivity contribution is -0.131. The van der Waals surface area contributed by atoms with E-state index in [4.69, 9.17) is 4.74 Å². The van der Waals surface area contributed by atoms with Crippen LogP contribution in [0.3, 0.4) is 0 Å². The summed E-state index contributed by atoms with van der Waals surface area (Å²) >= 11 is 0. The van der Waals surface area contributed by atoms with E-state index in [0.29, 0.717) is 17.2 Å². The molecule has 2 saturated heterocycles. The minimum Gasteiger partial charge on any atom is -0.427 e. The van der Waals surface area contributed by atoms with E-state index < -0.39 is 0 Å². The molecule has 5 rings (SSSR count). The van der Waals surface area contributed by atoms with Gasteiger partial charge in [0.25, 0.3) is 0 Å². The quantitative estimate of drug-likeness (QED) is 0.367. The fraction of sp³-hybridized carbons (Fsp3) is 0.700. The Bertz CT molecular complexity index is 1010. The second-order valence-corrected chi connectivity index (χ2v) is 12.5. The Labute approximate surface area is 211 Å². The molecule has 0 spiro atoms. The molecule has 192 valence electrons. The van der Waals surface area contributed by atoms with Crippen LogP contribution in [0.1, 0.15) is 90.7 Å². The fourth-order valence-corrected chi connectivity index (χ4v) is 6.98. The highest BCUT2D eigenvalue weighted by atomic mass is 16.5. The topological polar surface area (TPSA) is 37.7 Å². The van der Waals surface area contributed by atoms with E-state index in [0.717, 1.165) is 18.5 Å². The van der Waals surface area contributed by atoms with Gasteiger partial charge >= 0.3 is 5.97 Å². The third-order valence-corrected chi connectivity index (χ3v) is 9.07. The van der Waals surface area contributed by atoms with Crippen molar-refractivity contribution in [3.63, 3.8) is 0 Å². The normalized spacial score (nSPS) is 25.4. The summed E-state index contributed by atoms with van der Waals surface area (Å²) in [5.74, 6) is 1.29. The number of fused-ring (bicyclic) bond motifs is 1. The molecule has 2 aromatic rings. The van der Waals surface area contributed by atoms with Gasteiger partial charge in [0.2, 0.25) is 0 Å². The van der Waals surface area contributed by atoms with Gasteiger partial charge in [-0.05, 0) is 99.6 Å². The Balaban J connectivity index is 1.29. The van der Waals surface area contributed by atoms with Crippen LogP contribution >= 0.6 is 0 Å². The predicted molar refractivity (Wildman–Crippen MR) is 143 cm³/mol. The molecular formula is C30H45N3O2. The van der Waals surface area contributed by atoms with Crippen LogP contribution in [0.4, 0.5) is 0 Å². The molecule has 1 aliphatic carbocycles. The van der Waals surface area contributed by atoms with Crippen molar-refractivity contribution in [3.8, 4) is 5.75 Å². The molecule has 0 atom stereocenters. The lowest BCUT2D eigenvalue weighted by Crippen LogP contribution is -2.44. The molecule has 3 fully saturated rings. The zero-order valence-corrected chi connectivity index (χ0v) is 22.4. The van der Waals surface area contributed by atoms with Crippen molar-refractivity contribution in [1.29, 1.82) is 0 Å². The van der Waals surface area contributed by atoms with Gasteiger partial charge in [0.05, 0.1) is 0 Å². The van der Waals surface area contributed by atoms with Gasteiger partial charge in [-0.2, -0.15) is 0 Å². The number of aromatic nitrogens is 1. The van der Waals surface area contributed by atoms with E-state index in [1.54, 1.807) is 0 Å². The third kappa shape index (κ3) is 5.61. The van der Waals surface area contributed by atoms with E-state index in [2.05, 4.69) is 53.5 Å². The number of hydrogen-bond acceptors (Lipinski definition) is 4. The maximum atomic E-state index is 11.6. The zero-order chi connectivity index (χ0) is 24.6. The first-order valence-corrected chi connectivity index (χ1v) is 14.1. The zero-order valence-electron chi connectivity index (χ0n) is 22.4. The summed E-state index contributed by atoms with van der Waals surface area (Å²) in [6.45, 7) is 14.5. The number of piperidine rings is 1. The van der Waals surface area contributed by atoms with Crippen molar-refractivity contribution in [2.24, 2.45) is 11.3 Å². The maximum absolute atomic E-state index is 11.6. The molecule has 5 nitrogen and oxygen atoms in total. The van der Waals surface area contributed by atoms with Crippen LogP contribution in [0.2, 0.25) is 0 Å². The molecule has 3 aliphatic rings. The second-order valence-electron chi connectivity index (χ2n) is 12.5. The summed E-state index contributed by atoms with van der Waals surface area (Å²) in [6.07, 6.45) is 13.0. The van der Waals surface area contributed by atoms with Crippen LogP contribution in [0.5, 0.6) is 5.75 Å². The van der Waals surface area contributed by atoms with E-state index in [1.807, 2.05) is 6.07 Å². The van der Waals surface area contributed by atoms with Gasteiger partial charge in [-0.3, -0.25) is 9.69 Å². The number of rotatable bonds is 5. The van der Waals surface area contributed by atoms with E-state index in [1.165, 1.54) is 101 Å². The van der Waals surface area contributed by atoms with E-state index >= 15 is 0 Å². The Hall–Kier alpha value is -1.85. The van der Waals surface area contributed by atoms with Crippen molar-refractivity contribution in [3.05, 3.63) is 30.0 Å². The van der Waals surface area contributed by atoms with Crippen molar-refractivity contribution < 1.29 is 9.53 Å². The van der Waals surface area contributed by atoms with Gasteiger partial charge in [0.1, 0.15) is 5.75 Å². The van der Waals surface area contributed by atoms with Gasteiger partial charge in [-0.1, -0.05) is 20.8 Å². The summed E-state index contributed by atoms with van der Waals surface area (Å²) in [5.41, 5.74) is 3.12. The van der Waals surface area contributed by atoms with Crippen molar-refractivity contribution in [1.82, 2.24) is 14.4 Å². The molecule has 0 amide bonds. The minimum atomic E-state index is -0.256. The van der Waals surface area contributed by atoms with Gasteiger partial charge < -0.3 is 14.2 Å². The number of carbonyl (C=O) groups excluding carboxylic acids is 1. The second kappa shape index (κ2) is 10.3. The smallest absolute Gasteiger partial charge is 0.308 e. The predicted octanol–water partition coefficient (Wildman–Crippen LogP) is 6.40. The molecule has 0 N–H and O–H groups in total. The molecule has 35 heavy (non-hydrogen) atoms. The number of carbonyl (C=O) groups is 1. The first kappa shape index (κ1) is 24.8. The minimum absolute atomic E-state index is 0.256. The average molecular weight is 480 g/mol. The van der Waals surface area contributed by atoms with Crippen LogP contribution in [0, 0.1) is 11.3 Å². The Kier molecular flexibility index (Phi) is 7.28. The fourth-order valence-electron chi connectivity index (χ4n) is 6.98. The van der Waals surface area contributed by atoms with Crippen molar-refractivity contribution >= 4 is 16.9 Å². The van der Waals surface area contributed by atoms with Crippen LogP contribution < -0.4 is 4.74 Å². The molecule has 0 bridgehead atoms. The van der Waals surface area contributed by atoms with Gasteiger partial charge in [0, 0.05) is 55.7 Å². The third-order valence-electron chi connectivity index (χ3n) is 9.07. The number of likely N-dealkylation sites (tertiary alicyclic amines) is 2. The highest BCUT2D eigenvalue weighted by Crippen LogP contribution is 2.40. The standard InChI is InChI=1S/C30H45N3O2/c1-22(34)35-27-11-12-29-28(19-27)23(20-31-15-5-6-16-31)21-33(29)26-13-17-32(18-14-26)25-9-7-24(8-10-25)30(2,3)4/h11-12,19,21,24-26H,5-10,13-18,20H2,1-4H3. The molecule has 1 aromatic heterocycles. The van der Waals surface area contributed by atoms with Crippen LogP contribution in [0.25, 0.3) is 10.9 Å². The number of ether oxygens (including phenoxy) is 1. The van der Waals surface area contributed by atoms with Gasteiger partial charge in [-0.25, -0.2) is 0 Å². The summed E-state index contributed by atoms with van der Waals surface area (Å²) in [6, 6.07) is 7.55. The van der Waals surface area contributed by atoms with Gasteiger partial charge in [-0.15, -0.1) is 0 Å². The molecular weight excluding hydrogens is 434 g/mol. The highest BCUT2D eigenvalue weighted by molar-refractivity contribution is 5.86. The average Bonchev–Trinajstić information content (AvgIpc) is 3.47. The molecule has 1 saturated carbocycles. The largest absolute Gasteiger partial charge is 0.427 e. The Morgan fingerprint density at radius 2 is 1.63 bits per heavy atom. The van der Waals surface area contributed by atoms with Gasteiger partial charge in [0.15, 0.2) is 0 Å². The summed E-state index contributed by atoms with van der Waals surface area (Å²) in [4.78, 5) is 16.9.